The van der Waals surface area contributed by atoms with Gasteiger partial charge in [-0.15, -0.1) is 0 Å². The van der Waals surface area contributed by atoms with Gasteiger partial charge in [-0.25, -0.2) is 8.78 Å². The third kappa shape index (κ3) is 9.09. The number of halogens is 22. The van der Waals surface area contributed by atoms with Crippen molar-refractivity contribution in [2.75, 3.05) is 0 Å². The number of hydrogen-bond donors (Lipinski definition) is 0. The molecule has 0 aliphatic heterocycles. The van der Waals surface area contributed by atoms with Crippen molar-refractivity contribution in [1.82, 2.24) is 0 Å². The Hall–Kier alpha value is -4.66. The standard InChI is InChI=1S/C37H22F22/c38-28(39)32(46,47)33(48,49)29(40,41)16-19-1-3-22(4-2-19)23-5-7-24(8-6-23)25-9-11-26(12-10-25)27-14-20(17-30(42,43)34(50,51)36(54,55)56)13-21(15-27)18-31(44,45)35(52,53)37(57,58)59/h1-15,28H,16-18H2. The van der Waals surface area contributed by atoms with Crippen LogP contribution < -0.4 is 0 Å². The van der Waals surface area contributed by atoms with Gasteiger partial charge in [0.15, 0.2) is 0 Å². The molecule has 4 aromatic rings. The van der Waals surface area contributed by atoms with Crippen LogP contribution in [0.5, 0.6) is 0 Å². The monoisotopic (exact) mass is 884 g/mol. The Morgan fingerprint density at radius 2 is 0.559 bits per heavy atom. The minimum atomic E-state index is -6.83. The summed E-state index contributed by atoms with van der Waals surface area (Å²) in [4.78, 5) is 0. The summed E-state index contributed by atoms with van der Waals surface area (Å²) in [5.74, 6) is -43.7. The second-order valence-electron chi connectivity index (χ2n) is 13.2. The number of alkyl halides is 22. The second kappa shape index (κ2) is 15.4. The predicted molar refractivity (Wildman–Crippen MR) is 167 cm³/mol. The summed E-state index contributed by atoms with van der Waals surface area (Å²) in [6, 6.07) is 15.3. The zero-order chi connectivity index (χ0) is 45.0. The van der Waals surface area contributed by atoms with E-state index in [0.717, 1.165) is 36.4 Å². The Morgan fingerprint density at radius 1 is 0.305 bits per heavy atom. The molecule has 0 aromatic heterocycles. The third-order valence-electron chi connectivity index (χ3n) is 8.84. The zero-order valence-electron chi connectivity index (χ0n) is 28.7. The van der Waals surface area contributed by atoms with E-state index < -0.39 is 102 Å². The average molecular weight is 885 g/mol. The van der Waals surface area contributed by atoms with E-state index in [2.05, 4.69) is 0 Å². The van der Waals surface area contributed by atoms with Crippen LogP contribution in [0.4, 0.5) is 96.6 Å². The summed E-state index contributed by atoms with van der Waals surface area (Å²) < 4.78 is 295. The van der Waals surface area contributed by atoms with Crippen LogP contribution in [-0.2, 0) is 19.3 Å². The van der Waals surface area contributed by atoms with E-state index in [-0.39, 0.29) is 17.2 Å². The quantitative estimate of drug-likeness (QED) is 0.111. The van der Waals surface area contributed by atoms with Gasteiger partial charge in [0, 0.05) is 19.3 Å². The van der Waals surface area contributed by atoms with Crippen LogP contribution in [0.15, 0.2) is 91.0 Å². The van der Waals surface area contributed by atoms with E-state index >= 15 is 0 Å². The lowest BCUT2D eigenvalue weighted by Gasteiger charge is -2.32. The molecule has 0 nitrogen and oxygen atoms in total. The van der Waals surface area contributed by atoms with Crippen molar-refractivity contribution in [3.05, 3.63) is 108 Å². The molecule has 324 valence electrons. The van der Waals surface area contributed by atoms with E-state index in [1.807, 2.05) is 0 Å². The van der Waals surface area contributed by atoms with Crippen LogP contribution in [0.3, 0.4) is 0 Å². The fourth-order valence-corrected chi connectivity index (χ4v) is 5.56. The van der Waals surface area contributed by atoms with Gasteiger partial charge in [-0.2, -0.15) is 87.8 Å². The fourth-order valence-electron chi connectivity index (χ4n) is 5.56. The summed E-state index contributed by atoms with van der Waals surface area (Å²) >= 11 is 0. The van der Waals surface area contributed by atoms with Crippen LogP contribution in [0.1, 0.15) is 16.7 Å². The first-order valence-corrected chi connectivity index (χ1v) is 16.1. The lowest BCUT2D eigenvalue weighted by Crippen LogP contribution is -2.58. The summed E-state index contributed by atoms with van der Waals surface area (Å²) in [5.41, 5.74) is -2.69. The Labute approximate surface area is 317 Å². The van der Waals surface area contributed by atoms with Gasteiger partial charge in [0.1, 0.15) is 0 Å². The highest BCUT2D eigenvalue weighted by Crippen LogP contribution is 2.51. The molecule has 0 unspecified atom stereocenters. The topological polar surface area (TPSA) is 0 Å². The predicted octanol–water partition coefficient (Wildman–Crippen LogP) is 14.2. The molecule has 0 atom stereocenters. The van der Waals surface area contributed by atoms with Gasteiger partial charge in [-0.1, -0.05) is 91.0 Å². The molecule has 4 rings (SSSR count). The molecular weight excluding hydrogens is 862 g/mol. The highest BCUT2D eigenvalue weighted by atomic mass is 19.4. The number of rotatable bonds is 14. The molecule has 0 heterocycles. The van der Waals surface area contributed by atoms with Gasteiger partial charge >= 0.3 is 60.2 Å². The second-order valence-corrected chi connectivity index (χ2v) is 13.2. The van der Waals surface area contributed by atoms with Crippen LogP contribution >= 0.6 is 0 Å². The molecule has 4 aromatic carbocycles. The lowest BCUT2D eigenvalue weighted by atomic mass is 9.91. The average Bonchev–Trinajstić information content (AvgIpc) is 3.10. The minimum absolute atomic E-state index is 0.0552. The van der Waals surface area contributed by atoms with E-state index in [0.29, 0.717) is 28.8 Å². The molecule has 22 heteroatoms. The third-order valence-corrected chi connectivity index (χ3v) is 8.84. The Balaban J connectivity index is 1.62. The van der Waals surface area contributed by atoms with Crippen LogP contribution in [0, 0.1) is 0 Å². The summed E-state index contributed by atoms with van der Waals surface area (Å²) in [7, 11) is 0. The van der Waals surface area contributed by atoms with Crippen molar-refractivity contribution in [2.24, 2.45) is 0 Å². The smallest absolute Gasteiger partial charge is 0.203 e. The van der Waals surface area contributed by atoms with Gasteiger partial charge in [0.2, 0.25) is 0 Å². The van der Waals surface area contributed by atoms with Crippen molar-refractivity contribution in [3.63, 3.8) is 0 Å². The van der Waals surface area contributed by atoms with Crippen LogP contribution in [0.2, 0.25) is 0 Å². The van der Waals surface area contributed by atoms with Crippen LogP contribution in [-0.4, -0.2) is 60.2 Å². The first-order valence-electron chi connectivity index (χ1n) is 16.1. The van der Waals surface area contributed by atoms with E-state index in [1.165, 1.54) is 36.4 Å². The molecule has 59 heavy (non-hydrogen) atoms. The van der Waals surface area contributed by atoms with Crippen molar-refractivity contribution in [1.29, 1.82) is 0 Å². The molecule has 0 saturated heterocycles. The molecule has 0 amide bonds. The molecule has 0 fully saturated rings. The molecule has 0 radical (unpaired) electrons. The molecular formula is C37H22F22. The van der Waals surface area contributed by atoms with Crippen molar-refractivity contribution >= 4 is 0 Å². The Morgan fingerprint density at radius 3 is 0.847 bits per heavy atom. The maximum Gasteiger partial charge on any atom is 0.459 e. The van der Waals surface area contributed by atoms with E-state index in [4.69, 9.17) is 0 Å². The molecule has 0 saturated carbocycles. The Bertz CT molecular complexity index is 2000. The Kier molecular flexibility index (Phi) is 12.3. The first-order chi connectivity index (χ1) is 26.6. The summed E-state index contributed by atoms with van der Waals surface area (Å²) in [6.07, 6.45) is -25.8. The van der Waals surface area contributed by atoms with E-state index in [1.54, 1.807) is 0 Å². The van der Waals surface area contributed by atoms with E-state index in [9.17, 15) is 96.6 Å². The molecule has 0 spiro atoms. The van der Waals surface area contributed by atoms with Gasteiger partial charge in [-0.3, -0.25) is 0 Å². The summed E-state index contributed by atoms with van der Waals surface area (Å²) in [5, 5.41) is 0. The highest BCUT2D eigenvalue weighted by Gasteiger charge is 2.75. The van der Waals surface area contributed by atoms with Gasteiger partial charge < -0.3 is 0 Å². The maximum atomic E-state index is 14.3. The highest BCUT2D eigenvalue weighted by molar-refractivity contribution is 5.74. The molecule has 0 bridgehead atoms. The zero-order valence-corrected chi connectivity index (χ0v) is 28.7. The van der Waals surface area contributed by atoms with Crippen molar-refractivity contribution in [3.8, 4) is 33.4 Å². The minimum Gasteiger partial charge on any atom is -0.203 e. The molecule has 0 N–H and O–H groups in total. The molecule has 0 aliphatic rings. The molecule has 0 aliphatic carbocycles. The largest absolute Gasteiger partial charge is 0.459 e. The van der Waals surface area contributed by atoms with Gasteiger partial charge in [-0.05, 0) is 50.1 Å². The van der Waals surface area contributed by atoms with Crippen LogP contribution in [0.25, 0.3) is 33.4 Å². The number of benzene rings is 4. The lowest BCUT2D eigenvalue weighted by molar-refractivity contribution is -0.354. The van der Waals surface area contributed by atoms with Crippen molar-refractivity contribution in [2.45, 2.75) is 79.5 Å². The van der Waals surface area contributed by atoms with Crippen molar-refractivity contribution < 1.29 is 96.6 Å². The maximum absolute atomic E-state index is 14.3. The SMILES string of the molecule is FC(F)C(F)(F)C(F)(F)C(F)(F)Cc1ccc(-c2ccc(-c3ccc(-c4cc(CC(F)(F)C(F)(F)C(F)(F)F)cc(CC(F)(F)C(F)(F)C(F)(F)F)c4)cc3)cc2)cc1. The fraction of sp³-hybridized carbons (Fsp3) is 0.351. The van der Waals surface area contributed by atoms with Gasteiger partial charge in [0.05, 0.1) is 0 Å². The number of hydrogen-bond acceptors (Lipinski definition) is 0. The normalized spacial score (nSPS) is 14.3. The van der Waals surface area contributed by atoms with Gasteiger partial charge in [0.25, 0.3) is 0 Å². The first kappa shape index (κ1) is 47.0. The summed E-state index contributed by atoms with van der Waals surface area (Å²) in [6.45, 7) is 0.